The van der Waals surface area contributed by atoms with Gasteiger partial charge in [-0.1, -0.05) is 29.8 Å². The van der Waals surface area contributed by atoms with Gasteiger partial charge < -0.3 is 9.88 Å². The van der Waals surface area contributed by atoms with Crippen LogP contribution in [0.4, 0.5) is 5.69 Å². The standard InChI is InChI=1S/C19H16ClN3O4/c1-11-17(14-5-3-4-6-16(14)21-11)18(24)19(25)22(2)10-12-9-13(23(26)27)7-8-15(12)20/h3-9,21H,10H2,1-2H3. The van der Waals surface area contributed by atoms with Crippen molar-refractivity contribution in [1.82, 2.24) is 9.88 Å². The van der Waals surface area contributed by atoms with Crippen molar-refractivity contribution in [3.63, 3.8) is 0 Å². The number of hydrogen-bond donors (Lipinski definition) is 1. The fourth-order valence-corrected chi connectivity index (χ4v) is 3.15. The molecule has 0 unspecified atom stereocenters. The average molecular weight is 386 g/mol. The third kappa shape index (κ3) is 3.54. The number of hydrogen-bond acceptors (Lipinski definition) is 4. The number of aromatic amines is 1. The van der Waals surface area contributed by atoms with Crippen molar-refractivity contribution in [1.29, 1.82) is 0 Å². The van der Waals surface area contributed by atoms with Gasteiger partial charge in [0.05, 0.1) is 10.5 Å². The monoisotopic (exact) mass is 385 g/mol. The predicted octanol–water partition coefficient (Wildman–Crippen LogP) is 3.88. The summed E-state index contributed by atoms with van der Waals surface area (Å²) in [6.45, 7) is 1.71. The number of nitro benzene ring substituents is 1. The highest BCUT2D eigenvalue weighted by atomic mass is 35.5. The molecule has 0 bridgehead atoms. The molecule has 1 heterocycles. The molecule has 1 amide bonds. The molecule has 0 radical (unpaired) electrons. The van der Waals surface area contributed by atoms with E-state index in [1.807, 2.05) is 12.1 Å². The highest BCUT2D eigenvalue weighted by molar-refractivity contribution is 6.45. The van der Waals surface area contributed by atoms with Gasteiger partial charge in [0.2, 0.25) is 0 Å². The highest BCUT2D eigenvalue weighted by Gasteiger charge is 2.26. The number of nitrogens with zero attached hydrogens (tertiary/aromatic N) is 2. The van der Waals surface area contributed by atoms with Crippen LogP contribution in [0, 0.1) is 17.0 Å². The Morgan fingerprint density at radius 2 is 1.93 bits per heavy atom. The third-order valence-corrected chi connectivity index (χ3v) is 4.68. The number of halogens is 1. The summed E-state index contributed by atoms with van der Waals surface area (Å²) in [6.07, 6.45) is 0. The molecule has 2 aromatic carbocycles. The molecule has 0 aliphatic rings. The first-order chi connectivity index (χ1) is 12.8. The fourth-order valence-electron chi connectivity index (χ4n) is 2.97. The van der Waals surface area contributed by atoms with Gasteiger partial charge in [0.15, 0.2) is 0 Å². The number of carbonyl (C=O) groups is 2. The van der Waals surface area contributed by atoms with E-state index < -0.39 is 16.6 Å². The summed E-state index contributed by atoms with van der Waals surface area (Å²) < 4.78 is 0. The summed E-state index contributed by atoms with van der Waals surface area (Å²) in [6, 6.07) is 11.2. The van der Waals surface area contributed by atoms with Crippen LogP contribution in [0.5, 0.6) is 0 Å². The Labute approximate surface area is 159 Å². The lowest BCUT2D eigenvalue weighted by Gasteiger charge is -2.17. The normalized spacial score (nSPS) is 10.8. The zero-order valence-corrected chi connectivity index (χ0v) is 15.4. The van der Waals surface area contributed by atoms with Crippen LogP contribution in [0.3, 0.4) is 0 Å². The quantitative estimate of drug-likeness (QED) is 0.312. The number of ketones is 1. The SMILES string of the molecule is Cc1[nH]c2ccccc2c1C(=O)C(=O)N(C)Cc1cc([N+](=O)[O-])ccc1Cl. The summed E-state index contributed by atoms with van der Waals surface area (Å²) in [4.78, 5) is 40.1. The third-order valence-electron chi connectivity index (χ3n) is 4.31. The van der Waals surface area contributed by atoms with Gasteiger partial charge in [-0.15, -0.1) is 0 Å². The summed E-state index contributed by atoms with van der Waals surface area (Å²) >= 11 is 6.08. The number of non-ortho nitro benzene ring substituents is 1. The summed E-state index contributed by atoms with van der Waals surface area (Å²) in [5.41, 5.74) is 1.97. The van der Waals surface area contributed by atoms with Gasteiger partial charge >= 0.3 is 0 Å². The lowest BCUT2D eigenvalue weighted by atomic mass is 10.1. The van der Waals surface area contributed by atoms with Crippen LogP contribution in [0.25, 0.3) is 10.9 Å². The lowest BCUT2D eigenvalue weighted by Crippen LogP contribution is -2.33. The maximum absolute atomic E-state index is 12.8. The van der Waals surface area contributed by atoms with Gasteiger partial charge in [-0.05, 0) is 24.6 Å². The Kier molecular flexibility index (Phi) is 4.96. The minimum Gasteiger partial charge on any atom is -0.358 e. The van der Waals surface area contributed by atoms with Gasteiger partial charge in [-0.2, -0.15) is 0 Å². The maximum Gasteiger partial charge on any atom is 0.295 e. The molecule has 0 aliphatic heterocycles. The molecule has 1 N–H and O–H groups in total. The Bertz CT molecular complexity index is 1070. The second-order valence-electron chi connectivity index (χ2n) is 6.19. The van der Waals surface area contributed by atoms with Gasteiger partial charge in [-0.3, -0.25) is 19.7 Å². The van der Waals surface area contributed by atoms with Crippen molar-refractivity contribution in [3.8, 4) is 0 Å². The molecule has 27 heavy (non-hydrogen) atoms. The number of amides is 1. The topological polar surface area (TPSA) is 96.3 Å². The molecule has 0 saturated heterocycles. The second kappa shape index (κ2) is 7.20. The number of Topliss-reactive ketones (excluding diaryl/α,β-unsaturated/α-hetero) is 1. The van der Waals surface area contributed by atoms with Crippen molar-refractivity contribution in [2.24, 2.45) is 0 Å². The Balaban J connectivity index is 1.87. The molecule has 3 rings (SSSR count). The highest BCUT2D eigenvalue weighted by Crippen LogP contribution is 2.25. The summed E-state index contributed by atoms with van der Waals surface area (Å²) in [5.74, 6) is -1.36. The van der Waals surface area contributed by atoms with Crippen LogP contribution in [-0.4, -0.2) is 33.5 Å². The van der Waals surface area contributed by atoms with E-state index in [2.05, 4.69) is 4.98 Å². The van der Waals surface area contributed by atoms with E-state index in [9.17, 15) is 19.7 Å². The number of para-hydroxylation sites is 1. The molecule has 3 aromatic rings. The number of aromatic nitrogens is 1. The van der Waals surface area contributed by atoms with Crippen molar-refractivity contribution >= 4 is 39.9 Å². The number of aryl methyl sites for hydroxylation is 1. The Morgan fingerprint density at radius 3 is 2.63 bits per heavy atom. The smallest absolute Gasteiger partial charge is 0.295 e. The molecule has 0 fully saturated rings. The first-order valence-electron chi connectivity index (χ1n) is 8.09. The second-order valence-corrected chi connectivity index (χ2v) is 6.60. The predicted molar refractivity (Wildman–Crippen MR) is 102 cm³/mol. The van der Waals surface area contributed by atoms with Crippen LogP contribution in [0.2, 0.25) is 5.02 Å². The number of nitro groups is 1. The molecule has 0 spiro atoms. The lowest BCUT2D eigenvalue weighted by molar-refractivity contribution is -0.384. The van der Waals surface area contributed by atoms with Crippen molar-refractivity contribution < 1.29 is 14.5 Å². The maximum atomic E-state index is 12.8. The molecular formula is C19H16ClN3O4. The molecule has 0 aliphatic carbocycles. The zero-order chi connectivity index (χ0) is 19.7. The number of H-pyrrole nitrogens is 1. The fraction of sp³-hybridized carbons (Fsp3) is 0.158. The molecular weight excluding hydrogens is 370 g/mol. The van der Waals surface area contributed by atoms with Crippen molar-refractivity contribution in [2.75, 3.05) is 7.05 Å². The minimum atomic E-state index is -0.717. The van der Waals surface area contributed by atoms with Gasteiger partial charge in [-0.25, -0.2) is 0 Å². The number of likely N-dealkylation sites (N-methyl/N-ethyl adjacent to an activating group) is 1. The Morgan fingerprint density at radius 1 is 1.22 bits per heavy atom. The number of benzene rings is 2. The zero-order valence-electron chi connectivity index (χ0n) is 14.7. The van der Waals surface area contributed by atoms with Crippen molar-refractivity contribution in [3.05, 3.63) is 74.4 Å². The van der Waals surface area contributed by atoms with Crippen LogP contribution >= 0.6 is 11.6 Å². The number of carbonyl (C=O) groups excluding carboxylic acids is 2. The molecule has 7 nitrogen and oxygen atoms in total. The van der Waals surface area contributed by atoms with E-state index in [1.54, 1.807) is 19.1 Å². The van der Waals surface area contributed by atoms with Crippen LogP contribution in [0.15, 0.2) is 42.5 Å². The van der Waals surface area contributed by atoms with E-state index in [-0.39, 0.29) is 17.3 Å². The van der Waals surface area contributed by atoms with Crippen LogP contribution < -0.4 is 0 Å². The summed E-state index contributed by atoms with van der Waals surface area (Å²) in [5, 5.41) is 11.9. The molecule has 1 aromatic heterocycles. The van der Waals surface area contributed by atoms with E-state index in [0.29, 0.717) is 22.2 Å². The number of nitrogens with one attached hydrogen (secondary N) is 1. The van der Waals surface area contributed by atoms with E-state index in [1.165, 1.54) is 30.1 Å². The van der Waals surface area contributed by atoms with Gasteiger partial charge in [0.25, 0.3) is 17.4 Å². The molecule has 0 saturated carbocycles. The number of rotatable bonds is 5. The average Bonchev–Trinajstić information content (AvgIpc) is 2.97. The van der Waals surface area contributed by atoms with Gasteiger partial charge in [0, 0.05) is 47.3 Å². The van der Waals surface area contributed by atoms with Crippen LogP contribution in [0.1, 0.15) is 21.6 Å². The molecule has 138 valence electrons. The van der Waals surface area contributed by atoms with Crippen LogP contribution in [-0.2, 0) is 11.3 Å². The largest absolute Gasteiger partial charge is 0.358 e. The molecule has 8 heteroatoms. The number of fused-ring (bicyclic) bond motifs is 1. The minimum absolute atomic E-state index is 0.0213. The Hall–Kier alpha value is -3.19. The van der Waals surface area contributed by atoms with E-state index in [4.69, 9.17) is 11.6 Å². The first kappa shape index (κ1) is 18.6. The van der Waals surface area contributed by atoms with Gasteiger partial charge in [0.1, 0.15) is 0 Å². The first-order valence-corrected chi connectivity index (χ1v) is 8.47. The molecule has 0 atom stereocenters. The van der Waals surface area contributed by atoms with E-state index >= 15 is 0 Å². The summed E-state index contributed by atoms with van der Waals surface area (Å²) in [7, 11) is 1.46. The van der Waals surface area contributed by atoms with Crippen molar-refractivity contribution in [2.45, 2.75) is 13.5 Å². The van der Waals surface area contributed by atoms with E-state index in [0.717, 1.165) is 5.52 Å².